The molecule has 2 aromatic heterocycles. The number of nitrogen functional groups attached to an aromatic ring is 1. The van der Waals surface area contributed by atoms with Gasteiger partial charge in [-0.1, -0.05) is 0 Å². The van der Waals surface area contributed by atoms with Crippen molar-refractivity contribution in [3.8, 4) is 5.88 Å². The van der Waals surface area contributed by atoms with Gasteiger partial charge in [0.2, 0.25) is 11.8 Å². The molecular weight excluding hydrogens is 298 g/mol. The first-order valence-electron chi connectivity index (χ1n) is 6.34. The minimum absolute atomic E-state index is 0.0386. The molecule has 1 saturated heterocycles. The molecule has 0 aliphatic carbocycles. The van der Waals surface area contributed by atoms with E-state index in [1.807, 2.05) is 0 Å². The summed E-state index contributed by atoms with van der Waals surface area (Å²) in [5.74, 6) is -2.43. The largest absolute Gasteiger partial charge is 0.479 e. The number of aliphatic hydroxyl groups is 4. The van der Waals surface area contributed by atoms with Gasteiger partial charge in [0.25, 0.3) is 5.91 Å². The lowest BCUT2D eigenvalue weighted by atomic mass is 10.1. The molecule has 0 saturated carbocycles. The highest BCUT2D eigenvalue weighted by molar-refractivity contribution is 5.77. The van der Waals surface area contributed by atoms with Crippen LogP contribution in [0.15, 0.2) is 6.33 Å². The summed E-state index contributed by atoms with van der Waals surface area (Å²) < 4.78 is 11.2. The van der Waals surface area contributed by atoms with Crippen LogP contribution in [0, 0.1) is 0 Å². The summed E-state index contributed by atoms with van der Waals surface area (Å²) in [6, 6.07) is 0. The number of fused-ring (bicyclic) bond motifs is 1. The predicted molar refractivity (Wildman–Crippen MR) is 70.5 cm³/mol. The molecule has 0 amide bonds. The van der Waals surface area contributed by atoms with Gasteiger partial charge in [-0.05, 0) is 0 Å². The number of hydrogen-bond acceptors (Lipinski definition) is 10. The van der Waals surface area contributed by atoms with Crippen molar-refractivity contribution >= 4 is 17.1 Å². The van der Waals surface area contributed by atoms with E-state index in [0.717, 1.165) is 10.9 Å². The second-order valence-corrected chi connectivity index (χ2v) is 4.81. The summed E-state index contributed by atoms with van der Waals surface area (Å²) in [5.41, 5.74) is 5.79. The van der Waals surface area contributed by atoms with Crippen LogP contribution in [0.5, 0.6) is 5.88 Å². The number of nitrogens with two attached hydrogens (primary N) is 1. The van der Waals surface area contributed by atoms with Crippen molar-refractivity contribution in [2.24, 2.45) is 0 Å². The van der Waals surface area contributed by atoms with E-state index in [-0.39, 0.29) is 23.0 Å². The quantitative estimate of drug-likeness (QED) is 0.397. The Morgan fingerprint density at radius 1 is 1.45 bits per heavy atom. The lowest BCUT2D eigenvalue weighted by Crippen LogP contribution is -2.45. The number of hydrogen-bond donors (Lipinski definition) is 5. The number of rotatable bonds is 3. The number of ether oxygens (including phenoxy) is 2. The monoisotopic (exact) mass is 313 g/mol. The molecule has 0 aromatic carbocycles. The molecule has 0 bridgehead atoms. The summed E-state index contributed by atoms with van der Waals surface area (Å²) >= 11 is 0. The Bertz CT molecular complexity index is 708. The van der Waals surface area contributed by atoms with Crippen LogP contribution < -0.4 is 10.5 Å². The van der Waals surface area contributed by atoms with Crippen molar-refractivity contribution in [1.29, 1.82) is 0 Å². The van der Waals surface area contributed by atoms with E-state index in [2.05, 4.69) is 15.0 Å². The fourth-order valence-corrected chi connectivity index (χ4v) is 2.40. The zero-order chi connectivity index (χ0) is 16.1. The third kappa shape index (κ3) is 1.91. The van der Waals surface area contributed by atoms with Crippen molar-refractivity contribution in [1.82, 2.24) is 19.5 Å². The molecule has 1 fully saturated rings. The molecule has 0 spiro atoms. The van der Waals surface area contributed by atoms with Gasteiger partial charge in [-0.25, -0.2) is 4.98 Å². The zero-order valence-corrected chi connectivity index (χ0v) is 11.5. The standard InChI is InChI=1S/C11H15N5O6/c1-21-9-5-8(14-10(12)15-9)16(3-13-5)11(20)7(19)6(18)4(2-17)22-11/h3-4,6-7,17-20H,2H2,1H3,(H2,12,14,15)/t4-,6-,7+,11+/m1/s1. The summed E-state index contributed by atoms with van der Waals surface area (Å²) in [6.07, 6.45) is -3.26. The normalized spacial score (nSPS) is 31.8. The van der Waals surface area contributed by atoms with Crippen LogP contribution in [0.4, 0.5) is 5.95 Å². The molecule has 3 heterocycles. The molecule has 120 valence electrons. The smallest absolute Gasteiger partial charge is 0.286 e. The maximum Gasteiger partial charge on any atom is 0.286 e. The maximum absolute atomic E-state index is 10.6. The van der Waals surface area contributed by atoms with Crippen LogP contribution in [-0.4, -0.2) is 72.0 Å². The average Bonchev–Trinajstić information content (AvgIpc) is 3.02. The van der Waals surface area contributed by atoms with Gasteiger partial charge in [0, 0.05) is 0 Å². The van der Waals surface area contributed by atoms with Crippen molar-refractivity contribution in [2.75, 3.05) is 19.5 Å². The van der Waals surface area contributed by atoms with Gasteiger partial charge >= 0.3 is 0 Å². The molecule has 4 atom stereocenters. The Labute approximate surface area is 123 Å². The molecule has 2 aromatic rings. The minimum Gasteiger partial charge on any atom is -0.479 e. The number of aliphatic hydroxyl groups excluding tert-OH is 3. The second-order valence-electron chi connectivity index (χ2n) is 4.81. The first-order chi connectivity index (χ1) is 10.4. The number of methoxy groups -OCH3 is 1. The van der Waals surface area contributed by atoms with E-state index in [1.165, 1.54) is 7.11 Å². The Kier molecular flexibility index (Phi) is 3.38. The predicted octanol–water partition coefficient (Wildman–Crippen LogP) is -2.87. The van der Waals surface area contributed by atoms with Crippen molar-refractivity contribution in [3.05, 3.63) is 6.33 Å². The number of imidazole rings is 1. The molecule has 1 aliphatic rings. The zero-order valence-electron chi connectivity index (χ0n) is 11.5. The van der Waals surface area contributed by atoms with Gasteiger partial charge in [-0.2, -0.15) is 9.97 Å². The minimum atomic E-state index is -2.37. The SMILES string of the molecule is COc1nc(N)nc2c1ncn2[C@@]1(O)O[C@H](CO)[C@@H](O)[C@@H]1O. The Balaban J connectivity index is 2.16. The van der Waals surface area contributed by atoms with E-state index in [0.29, 0.717) is 0 Å². The van der Waals surface area contributed by atoms with E-state index in [9.17, 15) is 15.3 Å². The summed E-state index contributed by atoms with van der Waals surface area (Å²) in [4.78, 5) is 11.8. The Morgan fingerprint density at radius 3 is 2.77 bits per heavy atom. The van der Waals surface area contributed by atoms with Crippen molar-refractivity contribution in [2.45, 2.75) is 24.2 Å². The highest BCUT2D eigenvalue weighted by atomic mass is 16.7. The van der Waals surface area contributed by atoms with Crippen LogP contribution in [0.25, 0.3) is 11.2 Å². The van der Waals surface area contributed by atoms with Gasteiger partial charge < -0.3 is 35.6 Å². The summed E-state index contributed by atoms with van der Waals surface area (Å²) in [7, 11) is 1.36. The van der Waals surface area contributed by atoms with Crippen molar-refractivity contribution < 1.29 is 29.9 Å². The maximum atomic E-state index is 10.6. The Morgan fingerprint density at radius 2 is 2.18 bits per heavy atom. The fourth-order valence-electron chi connectivity index (χ4n) is 2.40. The molecule has 3 rings (SSSR count). The highest BCUT2D eigenvalue weighted by Gasteiger charge is 2.55. The molecule has 6 N–H and O–H groups in total. The fraction of sp³-hybridized carbons (Fsp3) is 0.545. The molecular formula is C11H15N5O6. The molecule has 11 heteroatoms. The van der Waals surface area contributed by atoms with E-state index < -0.39 is 30.8 Å². The number of anilines is 1. The van der Waals surface area contributed by atoms with Gasteiger partial charge in [-0.15, -0.1) is 0 Å². The molecule has 11 nitrogen and oxygen atoms in total. The third-order valence-corrected chi connectivity index (χ3v) is 3.51. The first kappa shape index (κ1) is 14.9. The van der Waals surface area contributed by atoms with Gasteiger partial charge in [-0.3, -0.25) is 4.57 Å². The average molecular weight is 313 g/mol. The summed E-state index contributed by atoms with van der Waals surface area (Å²) in [6.45, 7) is -0.590. The van der Waals surface area contributed by atoms with Gasteiger partial charge in [0.05, 0.1) is 13.7 Å². The van der Waals surface area contributed by atoms with E-state index in [4.69, 9.17) is 20.3 Å². The molecule has 0 unspecified atom stereocenters. The third-order valence-electron chi connectivity index (χ3n) is 3.51. The molecule has 22 heavy (non-hydrogen) atoms. The van der Waals surface area contributed by atoms with E-state index >= 15 is 0 Å². The lowest BCUT2D eigenvalue weighted by Gasteiger charge is -2.27. The van der Waals surface area contributed by atoms with Gasteiger partial charge in [0.1, 0.15) is 18.5 Å². The second kappa shape index (κ2) is 5.00. The topological polar surface area (TPSA) is 169 Å². The van der Waals surface area contributed by atoms with Crippen LogP contribution in [-0.2, 0) is 10.6 Å². The number of nitrogens with zero attached hydrogens (tertiary/aromatic N) is 4. The van der Waals surface area contributed by atoms with Crippen LogP contribution in [0.2, 0.25) is 0 Å². The van der Waals surface area contributed by atoms with Crippen molar-refractivity contribution in [3.63, 3.8) is 0 Å². The Hall–Kier alpha value is -2.05. The molecule has 1 aliphatic heterocycles. The van der Waals surface area contributed by atoms with E-state index in [1.54, 1.807) is 0 Å². The number of aromatic nitrogens is 4. The lowest BCUT2D eigenvalue weighted by molar-refractivity contribution is -0.287. The highest BCUT2D eigenvalue weighted by Crippen LogP contribution is 2.36. The first-order valence-corrected chi connectivity index (χ1v) is 6.34. The van der Waals surface area contributed by atoms with Gasteiger partial charge in [0.15, 0.2) is 17.3 Å². The molecule has 0 radical (unpaired) electrons. The van der Waals surface area contributed by atoms with Crippen LogP contribution in [0.1, 0.15) is 0 Å². The van der Waals surface area contributed by atoms with Crippen LogP contribution >= 0.6 is 0 Å². The van der Waals surface area contributed by atoms with Crippen LogP contribution in [0.3, 0.4) is 0 Å². The summed E-state index contributed by atoms with van der Waals surface area (Å²) in [5, 5.41) is 39.6.